The van der Waals surface area contributed by atoms with Crippen molar-refractivity contribution < 1.29 is 0 Å². The van der Waals surface area contributed by atoms with Gasteiger partial charge < -0.3 is 5.32 Å². The first-order valence-electron chi connectivity index (χ1n) is 6.14. The molecule has 0 atom stereocenters. The molecule has 0 unspecified atom stereocenters. The fourth-order valence-corrected chi connectivity index (χ4v) is 3.09. The highest BCUT2D eigenvalue weighted by Crippen LogP contribution is 2.50. The van der Waals surface area contributed by atoms with Gasteiger partial charge in [0, 0.05) is 12.6 Å². The smallest absolute Gasteiger partial charge is 0.00790 e. The van der Waals surface area contributed by atoms with Crippen molar-refractivity contribution in [2.45, 2.75) is 57.9 Å². The first-order valence-corrected chi connectivity index (χ1v) is 6.14. The number of allylic oxidation sites excluding steroid dienone is 1. The van der Waals surface area contributed by atoms with Gasteiger partial charge in [0.25, 0.3) is 0 Å². The monoisotopic (exact) mass is 193 g/mol. The van der Waals surface area contributed by atoms with E-state index in [1.165, 1.54) is 57.1 Å². The largest absolute Gasteiger partial charge is 0.313 e. The molecule has 1 nitrogen and oxygen atoms in total. The van der Waals surface area contributed by atoms with Gasteiger partial charge in [-0.15, -0.1) is 0 Å². The van der Waals surface area contributed by atoms with Crippen molar-refractivity contribution in [3.63, 3.8) is 0 Å². The minimum Gasteiger partial charge on any atom is -0.313 e. The molecule has 0 radical (unpaired) electrons. The standard InChI is InChI=1S/C13H23N/c1-3-4-5-6-11(2)7-13-8-12(9-13)14-10-13/h12,14H,2-10H2,1H3. The van der Waals surface area contributed by atoms with Crippen LogP contribution in [0.5, 0.6) is 0 Å². The summed E-state index contributed by atoms with van der Waals surface area (Å²) in [5, 5.41) is 3.57. The quantitative estimate of drug-likeness (QED) is 0.504. The molecule has 2 heterocycles. The second-order valence-corrected chi connectivity index (χ2v) is 5.37. The Balaban J connectivity index is 1.67. The van der Waals surface area contributed by atoms with Crippen molar-refractivity contribution in [2.24, 2.45) is 5.41 Å². The third kappa shape index (κ3) is 2.03. The lowest BCUT2D eigenvalue weighted by Crippen LogP contribution is -2.33. The lowest BCUT2D eigenvalue weighted by atomic mass is 9.66. The molecule has 14 heavy (non-hydrogen) atoms. The molecule has 1 saturated carbocycles. The van der Waals surface area contributed by atoms with Gasteiger partial charge in [0.05, 0.1) is 0 Å². The lowest BCUT2D eigenvalue weighted by Gasteiger charge is -2.37. The van der Waals surface area contributed by atoms with E-state index in [1.807, 2.05) is 0 Å². The van der Waals surface area contributed by atoms with Crippen LogP contribution in [-0.2, 0) is 0 Å². The van der Waals surface area contributed by atoms with Gasteiger partial charge in [-0.3, -0.25) is 0 Å². The first-order chi connectivity index (χ1) is 6.74. The molecule has 0 spiro atoms. The zero-order valence-electron chi connectivity index (χ0n) is 9.44. The van der Waals surface area contributed by atoms with Gasteiger partial charge in [-0.25, -0.2) is 0 Å². The third-order valence-electron chi connectivity index (χ3n) is 3.88. The Morgan fingerprint density at radius 3 is 2.79 bits per heavy atom. The molecule has 0 amide bonds. The molecule has 3 fully saturated rings. The third-order valence-corrected chi connectivity index (χ3v) is 3.88. The van der Waals surface area contributed by atoms with Crippen molar-refractivity contribution >= 4 is 0 Å². The van der Waals surface area contributed by atoms with Crippen LogP contribution in [-0.4, -0.2) is 12.6 Å². The molecule has 3 rings (SSSR count). The Hall–Kier alpha value is -0.300. The molecule has 2 bridgehead atoms. The van der Waals surface area contributed by atoms with Crippen LogP contribution < -0.4 is 5.32 Å². The molecule has 1 N–H and O–H groups in total. The van der Waals surface area contributed by atoms with Crippen molar-refractivity contribution in [1.82, 2.24) is 5.32 Å². The summed E-state index contributed by atoms with van der Waals surface area (Å²) < 4.78 is 0. The van der Waals surface area contributed by atoms with Gasteiger partial charge in [-0.05, 0) is 37.5 Å². The highest BCUT2D eigenvalue weighted by molar-refractivity contribution is 5.12. The average Bonchev–Trinajstić information content (AvgIpc) is 2.63. The molecule has 3 aliphatic rings. The second-order valence-electron chi connectivity index (χ2n) is 5.37. The summed E-state index contributed by atoms with van der Waals surface area (Å²) in [5.41, 5.74) is 2.15. The van der Waals surface area contributed by atoms with E-state index in [-0.39, 0.29) is 0 Å². The summed E-state index contributed by atoms with van der Waals surface area (Å²) >= 11 is 0. The normalized spacial score (nSPS) is 34.2. The summed E-state index contributed by atoms with van der Waals surface area (Å²) in [4.78, 5) is 0. The first kappa shape index (κ1) is 10.2. The maximum atomic E-state index is 4.23. The van der Waals surface area contributed by atoms with Crippen LogP contribution in [0.2, 0.25) is 0 Å². The van der Waals surface area contributed by atoms with Gasteiger partial charge in [0.1, 0.15) is 0 Å². The predicted octanol–water partition coefficient (Wildman–Crippen LogP) is 3.27. The van der Waals surface area contributed by atoms with Gasteiger partial charge in [-0.2, -0.15) is 0 Å². The van der Waals surface area contributed by atoms with E-state index < -0.39 is 0 Å². The maximum Gasteiger partial charge on any atom is 0.00790 e. The summed E-state index contributed by atoms with van der Waals surface area (Å²) in [6, 6.07) is 0.860. The molecule has 2 aliphatic heterocycles. The number of unbranched alkanes of at least 4 members (excludes halogenated alkanes) is 2. The second kappa shape index (κ2) is 4.06. The van der Waals surface area contributed by atoms with Crippen molar-refractivity contribution in [3.8, 4) is 0 Å². The van der Waals surface area contributed by atoms with Crippen molar-refractivity contribution in [3.05, 3.63) is 12.2 Å². The van der Waals surface area contributed by atoms with Crippen molar-refractivity contribution in [2.75, 3.05) is 6.54 Å². The SMILES string of the molecule is C=C(CCCCC)CC12CNC(C1)C2. The van der Waals surface area contributed by atoms with Gasteiger partial charge in [-0.1, -0.05) is 31.9 Å². The number of nitrogens with one attached hydrogen (secondary N) is 1. The lowest BCUT2D eigenvalue weighted by molar-refractivity contribution is 0.194. The average molecular weight is 193 g/mol. The number of rotatable bonds is 6. The summed E-state index contributed by atoms with van der Waals surface area (Å²) in [6.45, 7) is 7.75. The summed E-state index contributed by atoms with van der Waals surface area (Å²) in [5.74, 6) is 0. The zero-order chi connectivity index (χ0) is 10.0. The van der Waals surface area contributed by atoms with Crippen LogP contribution in [0.3, 0.4) is 0 Å². The fourth-order valence-electron chi connectivity index (χ4n) is 3.09. The Labute approximate surface area is 88.0 Å². The van der Waals surface area contributed by atoms with E-state index in [9.17, 15) is 0 Å². The minimum atomic E-state index is 0.647. The number of hydrogen-bond acceptors (Lipinski definition) is 1. The van der Waals surface area contributed by atoms with E-state index in [0.29, 0.717) is 5.41 Å². The Morgan fingerprint density at radius 1 is 1.43 bits per heavy atom. The summed E-state index contributed by atoms with van der Waals surface area (Å²) in [6.07, 6.45) is 9.43. The molecule has 1 heteroatoms. The van der Waals surface area contributed by atoms with Gasteiger partial charge in [0.15, 0.2) is 0 Å². The molecule has 80 valence electrons. The van der Waals surface area contributed by atoms with Crippen molar-refractivity contribution in [1.29, 1.82) is 0 Å². The minimum absolute atomic E-state index is 0.647. The molecule has 0 aromatic rings. The zero-order valence-corrected chi connectivity index (χ0v) is 9.44. The van der Waals surface area contributed by atoms with Crippen LogP contribution in [0.4, 0.5) is 0 Å². The molecular weight excluding hydrogens is 170 g/mol. The summed E-state index contributed by atoms with van der Waals surface area (Å²) in [7, 11) is 0. The van der Waals surface area contributed by atoms with E-state index in [2.05, 4.69) is 18.8 Å². The molecule has 0 aromatic carbocycles. The van der Waals surface area contributed by atoms with E-state index in [1.54, 1.807) is 0 Å². The molecule has 1 aliphatic carbocycles. The number of hydrogen-bond donors (Lipinski definition) is 1. The highest BCUT2D eigenvalue weighted by Gasteiger charge is 2.49. The van der Waals surface area contributed by atoms with E-state index in [0.717, 1.165) is 6.04 Å². The molecule has 2 saturated heterocycles. The van der Waals surface area contributed by atoms with E-state index in [4.69, 9.17) is 0 Å². The van der Waals surface area contributed by atoms with E-state index >= 15 is 0 Å². The fraction of sp³-hybridized carbons (Fsp3) is 0.846. The van der Waals surface area contributed by atoms with Gasteiger partial charge in [0.2, 0.25) is 0 Å². The van der Waals surface area contributed by atoms with Crippen LogP contribution >= 0.6 is 0 Å². The maximum absolute atomic E-state index is 4.23. The Morgan fingerprint density at radius 2 is 2.21 bits per heavy atom. The van der Waals surface area contributed by atoms with Crippen LogP contribution in [0.1, 0.15) is 51.9 Å². The Kier molecular flexibility index (Phi) is 2.96. The van der Waals surface area contributed by atoms with Gasteiger partial charge >= 0.3 is 0 Å². The molecule has 0 aromatic heterocycles. The Bertz CT molecular complexity index is 208. The molecular formula is C13H23N. The van der Waals surface area contributed by atoms with Crippen LogP contribution in [0, 0.1) is 5.41 Å². The predicted molar refractivity (Wildman–Crippen MR) is 61.4 cm³/mol. The van der Waals surface area contributed by atoms with Crippen LogP contribution in [0.25, 0.3) is 0 Å². The topological polar surface area (TPSA) is 12.0 Å². The van der Waals surface area contributed by atoms with Crippen LogP contribution in [0.15, 0.2) is 12.2 Å². The highest BCUT2D eigenvalue weighted by atomic mass is 15.0. The number of fused-ring (bicyclic) bond motifs is 1.